The fourth-order valence-corrected chi connectivity index (χ4v) is 2.98. The molecule has 1 aromatic carbocycles. The Hall–Kier alpha value is -1.31. The van der Waals surface area contributed by atoms with Crippen LogP contribution in [0.25, 0.3) is 0 Å². The first-order chi connectivity index (χ1) is 9.69. The Morgan fingerprint density at radius 3 is 2.57 bits per heavy atom. The fraction of sp³-hybridized carbons (Fsp3) is 0.333. The van der Waals surface area contributed by atoms with Crippen molar-refractivity contribution in [3.8, 4) is 0 Å². The Kier molecular flexibility index (Phi) is 4.46. The molecule has 1 N–H and O–H groups in total. The zero-order valence-electron chi connectivity index (χ0n) is 11.0. The van der Waals surface area contributed by atoms with Crippen molar-refractivity contribution in [3.05, 3.63) is 28.2 Å². The van der Waals surface area contributed by atoms with Crippen LogP contribution in [0.1, 0.15) is 6.42 Å². The van der Waals surface area contributed by atoms with E-state index >= 15 is 0 Å². The minimum atomic E-state index is -3.22. The topological polar surface area (TPSA) is 83.6 Å². The summed E-state index contributed by atoms with van der Waals surface area (Å²) in [5.41, 5.74) is 0.175. The fourth-order valence-electron chi connectivity index (χ4n) is 1.94. The summed E-state index contributed by atoms with van der Waals surface area (Å²) < 4.78 is 22.3. The molecule has 3 amide bonds. The summed E-state index contributed by atoms with van der Waals surface area (Å²) in [5, 5.41) is 2.97. The van der Waals surface area contributed by atoms with Gasteiger partial charge in [-0.25, -0.2) is 18.1 Å². The molecular formula is C12H12Cl2N2O4S. The molecule has 114 valence electrons. The first-order valence-corrected chi connectivity index (χ1v) is 8.78. The molecule has 2 rings (SSSR count). The molecule has 1 unspecified atom stereocenters. The zero-order valence-corrected chi connectivity index (χ0v) is 13.3. The maximum atomic E-state index is 12.2. The second kappa shape index (κ2) is 5.82. The molecule has 9 heteroatoms. The highest BCUT2D eigenvalue weighted by Gasteiger charge is 2.40. The molecule has 1 aromatic rings. The Morgan fingerprint density at radius 1 is 1.29 bits per heavy atom. The molecule has 1 aliphatic heterocycles. The Labute approximate surface area is 131 Å². The van der Waals surface area contributed by atoms with Gasteiger partial charge in [-0.2, -0.15) is 0 Å². The predicted octanol–water partition coefficient (Wildman–Crippen LogP) is 1.85. The van der Waals surface area contributed by atoms with Gasteiger partial charge in [0, 0.05) is 11.3 Å². The van der Waals surface area contributed by atoms with Crippen LogP contribution in [0.5, 0.6) is 0 Å². The lowest BCUT2D eigenvalue weighted by atomic mass is 10.2. The van der Waals surface area contributed by atoms with Gasteiger partial charge < -0.3 is 5.32 Å². The molecule has 21 heavy (non-hydrogen) atoms. The summed E-state index contributed by atoms with van der Waals surface area (Å²) in [7, 11) is -3.22. The van der Waals surface area contributed by atoms with Crippen molar-refractivity contribution >= 4 is 50.7 Å². The van der Waals surface area contributed by atoms with Crippen LogP contribution in [0.2, 0.25) is 10.0 Å². The molecule has 0 aliphatic carbocycles. The second-order valence-corrected chi connectivity index (χ2v) is 7.79. The molecule has 6 nitrogen and oxygen atoms in total. The smallest absolute Gasteiger partial charge is 0.325 e. The number of imide groups is 1. The van der Waals surface area contributed by atoms with Crippen LogP contribution in [0.4, 0.5) is 10.5 Å². The first kappa shape index (κ1) is 16.1. The van der Waals surface area contributed by atoms with Crippen LogP contribution >= 0.6 is 23.2 Å². The number of rotatable bonds is 4. The molecule has 1 atom stereocenters. The molecule has 0 spiro atoms. The number of halogens is 2. The van der Waals surface area contributed by atoms with Gasteiger partial charge in [0.1, 0.15) is 15.9 Å². The summed E-state index contributed by atoms with van der Waals surface area (Å²) >= 11 is 11.8. The van der Waals surface area contributed by atoms with E-state index in [1.165, 1.54) is 18.2 Å². The number of hydrogen-bond donors (Lipinski definition) is 1. The first-order valence-electron chi connectivity index (χ1n) is 5.96. The van der Waals surface area contributed by atoms with Crippen LogP contribution < -0.4 is 10.2 Å². The third-order valence-electron chi connectivity index (χ3n) is 2.95. The number of urea groups is 1. The van der Waals surface area contributed by atoms with Gasteiger partial charge in [-0.1, -0.05) is 23.2 Å². The monoisotopic (exact) mass is 350 g/mol. The number of anilines is 1. The maximum Gasteiger partial charge on any atom is 0.329 e. The average molecular weight is 351 g/mol. The number of benzene rings is 1. The lowest BCUT2D eigenvalue weighted by molar-refractivity contribution is -0.118. The van der Waals surface area contributed by atoms with Crippen LogP contribution in [0.3, 0.4) is 0 Å². The number of hydrogen-bond acceptors (Lipinski definition) is 4. The Bertz CT molecular complexity index is 705. The number of nitrogens with zero attached hydrogens (tertiary/aromatic N) is 1. The van der Waals surface area contributed by atoms with Crippen molar-refractivity contribution < 1.29 is 18.0 Å². The molecule has 1 saturated heterocycles. The molecule has 1 aliphatic rings. The minimum absolute atomic E-state index is 0.0120. The number of amides is 3. The van der Waals surface area contributed by atoms with E-state index in [1.807, 2.05) is 0 Å². The summed E-state index contributed by atoms with van der Waals surface area (Å²) in [5.74, 6) is -0.742. The van der Waals surface area contributed by atoms with Gasteiger partial charge in [0.05, 0.1) is 16.5 Å². The van der Waals surface area contributed by atoms with Crippen molar-refractivity contribution in [2.45, 2.75) is 12.5 Å². The molecule has 0 saturated carbocycles. The standard InChI is InChI=1S/C12H12Cl2N2O4S/c1-21(19,20)5-4-9-11(17)16(12(18)15-9)10-6-7(13)2-3-8(10)14/h2-3,6,9H,4-5H2,1H3,(H,15,18). The molecule has 0 aromatic heterocycles. The molecular weight excluding hydrogens is 339 g/mol. The maximum absolute atomic E-state index is 12.2. The summed E-state index contributed by atoms with van der Waals surface area (Å²) in [6.45, 7) is 0. The zero-order chi connectivity index (χ0) is 15.8. The van der Waals surface area contributed by atoms with E-state index in [4.69, 9.17) is 23.2 Å². The van der Waals surface area contributed by atoms with Gasteiger partial charge in [0.15, 0.2) is 0 Å². The SMILES string of the molecule is CS(=O)(=O)CCC1NC(=O)N(c2cc(Cl)ccc2Cl)C1=O. The van der Waals surface area contributed by atoms with E-state index in [9.17, 15) is 18.0 Å². The lowest BCUT2D eigenvalue weighted by Gasteiger charge is -2.15. The van der Waals surface area contributed by atoms with Gasteiger partial charge in [-0.3, -0.25) is 4.79 Å². The van der Waals surface area contributed by atoms with E-state index < -0.39 is 27.8 Å². The van der Waals surface area contributed by atoms with E-state index in [0.717, 1.165) is 11.2 Å². The van der Waals surface area contributed by atoms with Crippen LogP contribution in [-0.4, -0.2) is 38.4 Å². The summed E-state index contributed by atoms with van der Waals surface area (Å²) in [4.78, 5) is 25.0. The van der Waals surface area contributed by atoms with E-state index in [-0.39, 0.29) is 22.9 Å². The molecule has 0 radical (unpaired) electrons. The third-order valence-corrected chi connectivity index (χ3v) is 4.48. The highest BCUT2D eigenvalue weighted by molar-refractivity contribution is 7.90. The van der Waals surface area contributed by atoms with Crippen molar-refractivity contribution in [1.82, 2.24) is 5.32 Å². The summed E-state index contributed by atoms with van der Waals surface area (Å²) in [6.07, 6.45) is 1.08. The third kappa shape index (κ3) is 3.66. The average Bonchev–Trinajstić information content (AvgIpc) is 2.64. The summed E-state index contributed by atoms with van der Waals surface area (Å²) in [6, 6.07) is 2.88. The minimum Gasteiger partial charge on any atom is -0.325 e. The lowest BCUT2D eigenvalue weighted by Crippen LogP contribution is -2.32. The van der Waals surface area contributed by atoms with E-state index in [2.05, 4.69) is 5.32 Å². The predicted molar refractivity (Wildman–Crippen MR) is 80.6 cm³/mol. The van der Waals surface area contributed by atoms with Crippen molar-refractivity contribution in [1.29, 1.82) is 0 Å². The molecule has 1 fully saturated rings. The van der Waals surface area contributed by atoms with Gasteiger partial charge in [0.2, 0.25) is 0 Å². The second-order valence-electron chi connectivity index (χ2n) is 4.69. The molecule has 1 heterocycles. The van der Waals surface area contributed by atoms with Gasteiger partial charge in [-0.15, -0.1) is 0 Å². The van der Waals surface area contributed by atoms with Gasteiger partial charge in [-0.05, 0) is 24.6 Å². The van der Waals surface area contributed by atoms with Crippen molar-refractivity contribution in [2.75, 3.05) is 16.9 Å². The largest absolute Gasteiger partial charge is 0.329 e. The number of nitrogens with one attached hydrogen (secondary N) is 1. The number of carbonyl (C=O) groups excluding carboxylic acids is 2. The van der Waals surface area contributed by atoms with Crippen LogP contribution in [0, 0.1) is 0 Å². The van der Waals surface area contributed by atoms with Crippen LogP contribution in [0.15, 0.2) is 18.2 Å². The normalized spacial score (nSPS) is 19.0. The van der Waals surface area contributed by atoms with Crippen molar-refractivity contribution in [3.63, 3.8) is 0 Å². The highest BCUT2D eigenvalue weighted by Crippen LogP contribution is 2.31. The highest BCUT2D eigenvalue weighted by atomic mass is 35.5. The van der Waals surface area contributed by atoms with E-state index in [0.29, 0.717) is 5.02 Å². The molecule has 0 bridgehead atoms. The van der Waals surface area contributed by atoms with Gasteiger partial charge in [0.25, 0.3) is 5.91 Å². The van der Waals surface area contributed by atoms with E-state index in [1.54, 1.807) is 0 Å². The number of sulfone groups is 1. The Balaban J connectivity index is 2.24. The Morgan fingerprint density at radius 2 is 1.95 bits per heavy atom. The van der Waals surface area contributed by atoms with Crippen molar-refractivity contribution in [2.24, 2.45) is 0 Å². The quantitative estimate of drug-likeness (QED) is 0.840. The van der Waals surface area contributed by atoms with Gasteiger partial charge >= 0.3 is 6.03 Å². The number of carbonyl (C=O) groups is 2. The van der Waals surface area contributed by atoms with Crippen LogP contribution in [-0.2, 0) is 14.6 Å².